The van der Waals surface area contributed by atoms with Gasteiger partial charge in [0.1, 0.15) is 25.3 Å². The maximum Gasteiger partial charge on any atom is 0.410 e. The number of hydrogen-bond donors (Lipinski definition) is 1. The Balaban J connectivity index is 1.10. The number of tetrazole rings is 1. The van der Waals surface area contributed by atoms with E-state index < -0.39 is 30.2 Å². The number of carbonyl (C=O) groups is 3. The van der Waals surface area contributed by atoms with Gasteiger partial charge in [0, 0.05) is 24.4 Å². The molecule has 51 heavy (non-hydrogen) atoms. The fraction of sp³-hybridized carbons (Fsp3) is 0.368. The lowest BCUT2D eigenvalue weighted by molar-refractivity contribution is -0.142. The maximum absolute atomic E-state index is 14.2. The van der Waals surface area contributed by atoms with Gasteiger partial charge in [-0.1, -0.05) is 72.7 Å². The smallest absolute Gasteiger partial charge is 0.410 e. The molecule has 13 heteroatoms. The molecular formula is C38H41N7O5S. The minimum atomic E-state index is -1.06. The second-order valence-corrected chi connectivity index (χ2v) is 13.7. The molecule has 4 atom stereocenters. The van der Waals surface area contributed by atoms with Crippen LogP contribution in [0.25, 0.3) is 11.1 Å². The molecule has 12 nitrogen and oxygen atoms in total. The normalized spacial score (nSPS) is 16.7. The van der Waals surface area contributed by atoms with Crippen molar-refractivity contribution in [2.45, 2.75) is 73.4 Å². The van der Waals surface area contributed by atoms with Gasteiger partial charge < -0.3 is 19.7 Å². The fourth-order valence-electron chi connectivity index (χ4n) is 6.63. The summed E-state index contributed by atoms with van der Waals surface area (Å²) in [6.07, 6.45) is 5.57. The molecule has 2 aliphatic rings. The topological polar surface area (TPSA) is 132 Å². The number of carbonyl (C=O) groups excluding carboxylic acids is 3. The number of terminal acetylenes is 1. The van der Waals surface area contributed by atoms with Crippen molar-refractivity contribution in [3.63, 3.8) is 0 Å². The highest BCUT2D eigenvalue weighted by Gasteiger charge is 2.39. The standard InChI is InChI=1S/C38H41N7O5S/c1-5-22-49-26(3)34(36(47)44-21-13-14-27(44)23-45-37(40-41-42-45)51-28-15-7-6-8-16-28)39-35(46)25(2)43(4)38(48)50-24-33-31-19-11-9-17-29(31)30-18-10-12-20-32(30)33/h1,6-12,15-20,25-27,33-34H,13-14,21-24H2,2-4H3,(H,39,46)/t25-,26?,27-,34-/m0/s1. The monoisotopic (exact) mass is 707 g/mol. The molecule has 4 aromatic rings. The van der Waals surface area contributed by atoms with Crippen molar-refractivity contribution < 1.29 is 23.9 Å². The Labute approximate surface area is 301 Å². The number of likely N-dealkylation sites (N-methyl/N-ethyl adjacent to an activating group) is 1. The SMILES string of the molecule is C#CCOC(C)[C@H](NC(=O)[C@H](C)N(C)C(=O)OCC1c2ccccc2-c2ccccc21)C(=O)N1CCC[C@H]1Cn1nnnc1Sc1ccccc1. The third-order valence-corrected chi connectivity index (χ3v) is 10.5. The predicted molar refractivity (Wildman–Crippen MR) is 192 cm³/mol. The Bertz CT molecular complexity index is 1850. The summed E-state index contributed by atoms with van der Waals surface area (Å²) in [6, 6.07) is 23.7. The Kier molecular flexibility index (Phi) is 11.3. The molecule has 3 amide bonds. The van der Waals surface area contributed by atoms with Gasteiger partial charge in [0.25, 0.3) is 0 Å². The number of fused-ring (bicyclic) bond motifs is 3. The Morgan fingerprint density at radius 1 is 1.02 bits per heavy atom. The van der Waals surface area contributed by atoms with Crippen LogP contribution in [-0.2, 0) is 25.6 Å². The van der Waals surface area contributed by atoms with Crippen LogP contribution in [0, 0.1) is 12.3 Å². The van der Waals surface area contributed by atoms with Crippen LogP contribution in [0.4, 0.5) is 4.79 Å². The zero-order valence-electron chi connectivity index (χ0n) is 28.8. The second kappa shape index (κ2) is 16.2. The lowest BCUT2D eigenvalue weighted by Crippen LogP contribution is -2.58. The van der Waals surface area contributed by atoms with E-state index in [0.717, 1.165) is 40.0 Å². The fourth-order valence-corrected chi connectivity index (χ4v) is 7.43. The molecule has 3 aromatic carbocycles. The molecule has 2 heterocycles. The zero-order chi connectivity index (χ0) is 35.9. The molecule has 1 saturated heterocycles. The van der Waals surface area contributed by atoms with E-state index in [4.69, 9.17) is 15.9 Å². The van der Waals surface area contributed by atoms with E-state index in [9.17, 15) is 14.4 Å². The molecule has 0 radical (unpaired) electrons. The quantitative estimate of drug-likeness (QED) is 0.198. The summed E-state index contributed by atoms with van der Waals surface area (Å²) in [6.45, 7) is 4.25. The Morgan fingerprint density at radius 3 is 2.37 bits per heavy atom. The average molecular weight is 708 g/mol. The van der Waals surface area contributed by atoms with Crippen LogP contribution in [0.5, 0.6) is 0 Å². The van der Waals surface area contributed by atoms with E-state index in [1.807, 2.05) is 66.7 Å². The van der Waals surface area contributed by atoms with E-state index in [1.165, 1.54) is 23.7 Å². The number of aromatic nitrogens is 4. The van der Waals surface area contributed by atoms with Gasteiger partial charge in [-0.2, -0.15) is 0 Å². The number of likely N-dealkylation sites (tertiary alicyclic amines) is 1. The first-order chi connectivity index (χ1) is 24.8. The third-order valence-electron chi connectivity index (χ3n) is 9.54. The zero-order valence-corrected chi connectivity index (χ0v) is 29.7. The number of nitrogens with zero attached hydrogens (tertiary/aromatic N) is 6. The average Bonchev–Trinajstić information content (AvgIpc) is 3.89. The van der Waals surface area contributed by atoms with Crippen molar-refractivity contribution >= 4 is 29.7 Å². The number of benzene rings is 3. The minimum absolute atomic E-state index is 0.0376. The molecule has 0 saturated carbocycles. The van der Waals surface area contributed by atoms with E-state index in [0.29, 0.717) is 18.2 Å². The number of nitrogens with one attached hydrogen (secondary N) is 1. The summed E-state index contributed by atoms with van der Waals surface area (Å²) in [5.41, 5.74) is 4.43. The van der Waals surface area contributed by atoms with Gasteiger partial charge in [0.05, 0.1) is 18.7 Å². The first kappa shape index (κ1) is 35.6. The molecule has 0 bridgehead atoms. The summed E-state index contributed by atoms with van der Waals surface area (Å²) in [5, 5.41) is 15.7. The molecule has 0 spiro atoms. The summed E-state index contributed by atoms with van der Waals surface area (Å²) in [5.74, 6) is 1.47. The van der Waals surface area contributed by atoms with Crippen molar-refractivity contribution in [3.05, 3.63) is 90.0 Å². The predicted octanol–water partition coefficient (Wildman–Crippen LogP) is 4.61. The van der Waals surface area contributed by atoms with Crippen LogP contribution in [-0.4, -0.2) is 99.0 Å². The highest BCUT2D eigenvalue weighted by atomic mass is 32.2. The second-order valence-electron chi connectivity index (χ2n) is 12.7. The molecule has 1 aliphatic carbocycles. The van der Waals surface area contributed by atoms with Crippen LogP contribution in [0.3, 0.4) is 0 Å². The van der Waals surface area contributed by atoms with Gasteiger partial charge in [-0.25, -0.2) is 9.48 Å². The van der Waals surface area contributed by atoms with Crippen LogP contribution in [0.1, 0.15) is 43.7 Å². The first-order valence-corrected chi connectivity index (χ1v) is 17.8. The van der Waals surface area contributed by atoms with Crippen molar-refractivity contribution in [2.75, 3.05) is 26.8 Å². The van der Waals surface area contributed by atoms with Crippen LogP contribution in [0.15, 0.2) is 88.9 Å². The lowest BCUT2D eigenvalue weighted by Gasteiger charge is -2.33. The van der Waals surface area contributed by atoms with Crippen molar-refractivity contribution in [1.82, 2.24) is 35.3 Å². The van der Waals surface area contributed by atoms with Crippen LogP contribution < -0.4 is 5.32 Å². The number of ether oxygens (including phenoxy) is 2. The highest BCUT2D eigenvalue weighted by molar-refractivity contribution is 7.99. The summed E-state index contributed by atoms with van der Waals surface area (Å²) in [4.78, 5) is 45.1. The highest BCUT2D eigenvalue weighted by Crippen LogP contribution is 2.44. The maximum atomic E-state index is 14.2. The van der Waals surface area contributed by atoms with Crippen molar-refractivity contribution in [1.29, 1.82) is 0 Å². The molecule has 1 unspecified atom stereocenters. The summed E-state index contributed by atoms with van der Waals surface area (Å²) in [7, 11) is 1.51. The molecule has 1 N–H and O–H groups in total. The van der Waals surface area contributed by atoms with Gasteiger partial charge in [-0.3, -0.25) is 14.5 Å². The number of rotatable bonds is 13. The van der Waals surface area contributed by atoms with Gasteiger partial charge >= 0.3 is 6.09 Å². The first-order valence-electron chi connectivity index (χ1n) is 17.0. The van der Waals surface area contributed by atoms with Gasteiger partial charge in [-0.05, 0) is 83.3 Å². The van der Waals surface area contributed by atoms with E-state index in [-0.39, 0.29) is 31.1 Å². The van der Waals surface area contributed by atoms with E-state index in [2.05, 4.69) is 38.9 Å². The molecule has 1 fully saturated rings. The van der Waals surface area contributed by atoms with Gasteiger partial charge in [-0.15, -0.1) is 11.5 Å². The van der Waals surface area contributed by atoms with Gasteiger partial charge in [0.15, 0.2) is 0 Å². The van der Waals surface area contributed by atoms with Crippen LogP contribution >= 0.6 is 11.8 Å². The van der Waals surface area contributed by atoms with E-state index in [1.54, 1.807) is 23.4 Å². The summed E-state index contributed by atoms with van der Waals surface area (Å²) >= 11 is 1.44. The summed E-state index contributed by atoms with van der Waals surface area (Å²) < 4.78 is 13.2. The minimum Gasteiger partial charge on any atom is -0.448 e. The number of amides is 3. The largest absolute Gasteiger partial charge is 0.448 e. The number of hydrogen-bond acceptors (Lipinski definition) is 9. The molecule has 1 aromatic heterocycles. The van der Waals surface area contributed by atoms with Gasteiger partial charge in [0.2, 0.25) is 17.0 Å². The lowest BCUT2D eigenvalue weighted by atomic mass is 9.98. The Hall–Kier alpha value is -5.19. The van der Waals surface area contributed by atoms with Crippen molar-refractivity contribution in [2.24, 2.45) is 0 Å². The molecular weight excluding hydrogens is 667 g/mol. The van der Waals surface area contributed by atoms with E-state index >= 15 is 0 Å². The van der Waals surface area contributed by atoms with Crippen LogP contribution in [0.2, 0.25) is 0 Å². The third kappa shape index (κ3) is 7.92. The molecule has 1 aliphatic heterocycles. The molecule has 6 rings (SSSR count). The molecule has 264 valence electrons. The van der Waals surface area contributed by atoms with Crippen molar-refractivity contribution in [3.8, 4) is 23.5 Å². The Morgan fingerprint density at radius 2 is 1.69 bits per heavy atom.